The Kier molecular flexibility index (Phi) is 6.03. The Hall–Kier alpha value is -0.850. The fourth-order valence-corrected chi connectivity index (χ4v) is 2.73. The monoisotopic (exact) mass is 287 g/mol. The van der Waals surface area contributed by atoms with E-state index < -0.39 is 0 Å². The molecule has 2 N–H and O–H groups in total. The molecular weight excluding hydrogens is 262 g/mol. The highest BCUT2D eigenvalue weighted by Crippen LogP contribution is 2.31. The summed E-state index contributed by atoms with van der Waals surface area (Å²) >= 11 is 1.61. The van der Waals surface area contributed by atoms with Crippen LogP contribution in [0.3, 0.4) is 0 Å². The molecule has 19 heavy (non-hydrogen) atoms. The maximum Gasteiger partial charge on any atom is 0.230 e. The van der Waals surface area contributed by atoms with E-state index in [1.807, 2.05) is 19.0 Å². The minimum atomic E-state index is -0.215. The summed E-state index contributed by atoms with van der Waals surface area (Å²) < 4.78 is 5.31. The number of anilines is 1. The molecule has 0 saturated heterocycles. The molecule has 0 aliphatic carbocycles. The minimum Gasteiger partial charge on any atom is -0.480 e. The van der Waals surface area contributed by atoms with Crippen LogP contribution in [0, 0.1) is 0 Å². The van der Waals surface area contributed by atoms with Crippen molar-refractivity contribution in [1.82, 2.24) is 10.3 Å². The van der Waals surface area contributed by atoms with Crippen LogP contribution in [0.25, 0.3) is 0 Å². The number of aromatic nitrogens is 1. The zero-order valence-electron chi connectivity index (χ0n) is 12.5. The zero-order valence-corrected chi connectivity index (χ0v) is 13.3. The Bertz CT molecular complexity index is 381. The van der Waals surface area contributed by atoms with Gasteiger partial charge in [-0.05, 0) is 12.8 Å². The number of ether oxygens (including phenoxy) is 1. The number of nitrogens with zero attached hydrogens (tertiary/aromatic N) is 2. The van der Waals surface area contributed by atoms with Gasteiger partial charge in [-0.1, -0.05) is 25.2 Å². The highest BCUT2D eigenvalue weighted by molar-refractivity contribution is 7.15. The van der Waals surface area contributed by atoms with Gasteiger partial charge >= 0.3 is 0 Å². The molecule has 0 fully saturated rings. The number of methoxy groups -OCH3 is 1. The lowest BCUT2D eigenvalue weighted by Gasteiger charge is -2.30. The predicted molar refractivity (Wildman–Crippen MR) is 80.2 cm³/mol. The Morgan fingerprint density at radius 3 is 2.42 bits per heavy atom. The lowest BCUT2D eigenvalue weighted by molar-refractivity contribution is 0.149. The average Bonchev–Trinajstić information content (AvgIpc) is 2.84. The van der Waals surface area contributed by atoms with E-state index in [-0.39, 0.29) is 12.1 Å². The fraction of sp³-hybridized carbons (Fsp3) is 0.769. The quantitative estimate of drug-likeness (QED) is 0.764. The van der Waals surface area contributed by atoms with Gasteiger partial charge < -0.3 is 20.1 Å². The molecule has 0 radical (unpaired) electrons. The molecule has 0 spiro atoms. The maximum atomic E-state index is 9.56. The molecule has 0 amide bonds. The van der Waals surface area contributed by atoms with Crippen LogP contribution in [0.1, 0.15) is 31.6 Å². The fourth-order valence-electron chi connectivity index (χ4n) is 1.84. The normalized spacial score (nSPS) is 11.7. The maximum absolute atomic E-state index is 9.56. The molecule has 0 aliphatic rings. The summed E-state index contributed by atoms with van der Waals surface area (Å²) in [4.78, 5) is 7.45. The number of nitrogens with one attached hydrogen (secondary N) is 1. The molecule has 1 rings (SSSR count). The van der Waals surface area contributed by atoms with Gasteiger partial charge in [0.15, 0.2) is 5.13 Å². The van der Waals surface area contributed by atoms with Gasteiger partial charge in [0.25, 0.3) is 0 Å². The van der Waals surface area contributed by atoms with Crippen LogP contribution in [-0.2, 0) is 6.54 Å². The van der Waals surface area contributed by atoms with E-state index in [0.29, 0.717) is 12.4 Å². The van der Waals surface area contributed by atoms with E-state index in [0.717, 1.165) is 22.9 Å². The third-order valence-corrected chi connectivity index (χ3v) is 4.71. The van der Waals surface area contributed by atoms with E-state index >= 15 is 0 Å². The molecule has 0 bridgehead atoms. The summed E-state index contributed by atoms with van der Waals surface area (Å²) in [5.74, 6) is 0.667. The smallest absolute Gasteiger partial charge is 0.230 e. The lowest BCUT2D eigenvalue weighted by Crippen LogP contribution is -2.46. The van der Waals surface area contributed by atoms with E-state index in [1.54, 1.807) is 18.4 Å². The van der Waals surface area contributed by atoms with Crippen molar-refractivity contribution in [2.24, 2.45) is 0 Å². The molecule has 1 aromatic heterocycles. The average molecular weight is 287 g/mol. The first kappa shape index (κ1) is 16.2. The van der Waals surface area contributed by atoms with Gasteiger partial charge in [0.05, 0.1) is 18.6 Å². The van der Waals surface area contributed by atoms with Gasteiger partial charge in [-0.2, -0.15) is 4.98 Å². The Labute approximate surface area is 119 Å². The van der Waals surface area contributed by atoms with Crippen molar-refractivity contribution in [3.63, 3.8) is 0 Å². The number of aliphatic hydroxyl groups excluding tert-OH is 1. The minimum absolute atomic E-state index is 0.141. The Morgan fingerprint density at radius 1 is 1.37 bits per heavy atom. The molecular formula is C13H25N3O2S. The summed E-state index contributed by atoms with van der Waals surface area (Å²) in [5.41, 5.74) is -0.215. The summed E-state index contributed by atoms with van der Waals surface area (Å²) in [6, 6.07) is 0. The Balaban J connectivity index is 2.81. The Morgan fingerprint density at radius 2 is 2.00 bits per heavy atom. The van der Waals surface area contributed by atoms with E-state index in [1.165, 1.54) is 0 Å². The standard InChI is InChI=1S/C13H25N3O2S/c1-6-13(7-2,9-17)14-8-10-11(18-5)15-12(19-10)16(3)4/h14,17H,6-9H2,1-5H3. The van der Waals surface area contributed by atoms with Gasteiger partial charge in [0, 0.05) is 26.2 Å². The molecule has 0 aliphatic heterocycles. The van der Waals surface area contributed by atoms with E-state index in [4.69, 9.17) is 4.74 Å². The van der Waals surface area contributed by atoms with E-state index in [2.05, 4.69) is 24.1 Å². The largest absolute Gasteiger partial charge is 0.480 e. The highest BCUT2D eigenvalue weighted by Gasteiger charge is 2.25. The summed E-state index contributed by atoms with van der Waals surface area (Å²) in [6.07, 6.45) is 1.78. The number of aliphatic hydroxyl groups is 1. The first-order valence-corrected chi connectivity index (χ1v) is 7.40. The first-order chi connectivity index (χ1) is 9.01. The molecule has 0 unspecified atom stereocenters. The molecule has 0 atom stereocenters. The summed E-state index contributed by atoms with van der Waals surface area (Å²) in [5, 5.41) is 13.9. The topological polar surface area (TPSA) is 57.6 Å². The predicted octanol–water partition coefficient (Wildman–Crippen LogP) is 1.86. The molecule has 0 aromatic carbocycles. The van der Waals surface area contributed by atoms with Gasteiger partial charge in [0.2, 0.25) is 5.88 Å². The SMILES string of the molecule is CCC(CC)(CO)NCc1sc(N(C)C)nc1OC. The van der Waals surface area contributed by atoms with Crippen molar-refractivity contribution in [3.8, 4) is 5.88 Å². The van der Waals surface area contributed by atoms with Gasteiger partial charge in [-0.3, -0.25) is 0 Å². The van der Waals surface area contributed by atoms with Crippen molar-refractivity contribution < 1.29 is 9.84 Å². The highest BCUT2D eigenvalue weighted by atomic mass is 32.1. The summed E-state index contributed by atoms with van der Waals surface area (Å²) in [7, 11) is 5.56. The van der Waals surface area contributed by atoms with Crippen LogP contribution in [0.2, 0.25) is 0 Å². The van der Waals surface area contributed by atoms with Crippen LogP contribution in [0.4, 0.5) is 5.13 Å². The van der Waals surface area contributed by atoms with Crippen molar-refractivity contribution in [1.29, 1.82) is 0 Å². The second-order valence-corrected chi connectivity index (χ2v) is 5.88. The van der Waals surface area contributed by atoms with Crippen LogP contribution in [0.15, 0.2) is 0 Å². The van der Waals surface area contributed by atoms with Crippen LogP contribution in [-0.4, -0.2) is 43.4 Å². The number of thiazole rings is 1. The second kappa shape index (κ2) is 7.07. The van der Waals surface area contributed by atoms with Gasteiger partial charge in [0.1, 0.15) is 0 Å². The van der Waals surface area contributed by atoms with Crippen LogP contribution < -0.4 is 15.0 Å². The van der Waals surface area contributed by atoms with Crippen LogP contribution in [0.5, 0.6) is 5.88 Å². The van der Waals surface area contributed by atoms with Gasteiger partial charge in [-0.25, -0.2) is 0 Å². The summed E-state index contributed by atoms with van der Waals surface area (Å²) in [6.45, 7) is 4.97. The zero-order chi connectivity index (χ0) is 14.5. The lowest BCUT2D eigenvalue weighted by atomic mass is 9.94. The second-order valence-electron chi connectivity index (χ2n) is 4.82. The molecule has 0 saturated carbocycles. The van der Waals surface area contributed by atoms with Crippen LogP contribution >= 0.6 is 11.3 Å². The van der Waals surface area contributed by atoms with Gasteiger partial charge in [-0.15, -0.1) is 0 Å². The third kappa shape index (κ3) is 3.81. The number of hydrogen-bond donors (Lipinski definition) is 2. The van der Waals surface area contributed by atoms with Crippen molar-refractivity contribution in [3.05, 3.63) is 4.88 Å². The number of rotatable bonds is 8. The first-order valence-electron chi connectivity index (χ1n) is 6.58. The molecule has 1 heterocycles. The van der Waals surface area contributed by atoms with Crippen molar-refractivity contribution >= 4 is 16.5 Å². The van der Waals surface area contributed by atoms with Crippen molar-refractivity contribution in [2.45, 2.75) is 38.8 Å². The molecule has 5 nitrogen and oxygen atoms in total. The van der Waals surface area contributed by atoms with Crippen molar-refractivity contribution in [2.75, 3.05) is 32.7 Å². The molecule has 110 valence electrons. The van der Waals surface area contributed by atoms with E-state index in [9.17, 15) is 5.11 Å². The number of hydrogen-bond acceptors (Lipinski definition) is 6. The molecule has 6 heteroatoms. The third-order valence-electron chi connectivity index (χ3n) is 3.51. The molecule has 1 aromatic rings.